The number of halogens is 1. The number of nitrogens with one attached hydrogen (secondary N) is 2. The van der Waals surface area contributed by atoms with Crippen molar-refractivity contribution < 1.29 is 14.4 Å². The Hall–Kier alpha value is -3.95. The second kappa shape index (κ2) is 12.3. The predicted octanol–water partition coefficient (Wildman–Crippen LogP) is 4.44. The van der Waals surface area contributed by atoms with Crippen molar-refractivity contribution in [2.45, 2.75) is 32.0 Å². The number of hydrogen-bond acceptors (Lipinski definition) is 6. The highest BCUT2D eigenvalue weighted by molar-refractivity contribution is 8.14. The second-order valence-corrected chi connectivity index (χ2v) is 10.4. The van der Waals surface area contributed by atoms with E-state index in [4.69, 9.17) is 11.6 Å². The minimum Gasteiger partial charge on any atom is -0.352 e. The van der Waals surface area contributed by atoms with Crippen molar-refractivity contribution in [3.8, 4) is 0 Å². The predicted molar refractivity (Wildman–Crippen MR) is 154 cm³/mol. The van der Waals surface area contributed by atoms with E-state index < -0.39 is 6.04 Å². The zero-order chi connectivity index (χ0) is 27.2. The Morgan fingerprint density at radius 1 is 0.897 bits per heavy atom. The molecule has 0 radical (unpaired) electrons. The van der Waals surface area contributed by atoms with Crippen LogP contribution in [0.25, 0.3) is 0 Å². The van der Waals surface area contributed by atoms with Crippen molar-refractivity contribution in [1.29, 1.82) is 0 Å². The van der Waals surface area contributed by atoms with Gasteiger partial charge >= 0.3 is 0 Å². The lowest BCUT2D eigenvalue weighted by atomic mass is 10.1. The van der Waals surface area contributed by atoms with Crippen molar-refractivity contribution in [2.24, 2.45) is 9.98 Å². The van der Waals surface area contributed by atoms with Gasteiger partial charge < -0.3 is 10.6 Å². The van der Waals surface area contributed by atoms with Crippen molar-refractivity contribution >= 4 is 57.8 Å². The molecule has 39 heavy (non-hydrogen) atoms. The smallest absolute Gasteiger partial charge is 0.259 e. The fraction of sp³-hybridized carbons (Fsp3) is 0.207. The molecule has 2 aliphatic heterocycles. The summed E-state index contributed by atoms with van der Waals surface area (Å²) in [6.45, 7) is 0.733. The first kappa shape index (κ1) is 26.6. The highest BCUT2D eigenvalue weighted by atomic mass is 35.5. The van der Waals surface area contributed by atoms with Crippen LogP contribution in [0.2, 0.25) is 5.02 Å². The van der Waals surface area contributed by atoms with Gasteiger partial charge in [0.05, 0.1) is 11.4 Å². The Balaban J connectivity index is 1.22. The number of para-hydroxylation sites is 1. The van der Waals surface area contributed by atoms with Crippen molar-refractivity contribution in [3.63, 3.8) is 0 Å². The number of aliphatic imine (C=N–C) groups is 2. The zero-order valence-corrected chi connectivity index (χ0v) is 22.5. The molecule has 0 saturated heterocycles. The summed E-state index contributed by atoms with van der Waals surface area (Å²) in [5.41, 5.74) is 3.25. The molecule has 1 atom stereocenters. The summed E-state index contributed by atoms with van der Waals surface area (Å²) >= 11 is 7.35. The fourth-order valence-electron chi connectivity index (χ4n) is 4.26. The quantitative estimate of drug-likeness (QED) is 0.404. The molecule has 198 valence electrons. The first-order valence-electron chi connectivity index (χ1n) is 12.5. The molecule has 0 spiro atoms. The van der Waals surface area contributed by atoms with Crippen molar-refractivity contribution in [2.75, 3.05) is 5.75 Å². The molecule has 0 aliphatic carbocycles. The molecule has 0 aromatic heterocycles. The minimum absolute atomic E-state index is 0.0646. The van der Waals surface area contributed by atoms with Crippen molar-refractivity contribution in [3.05, 3.63) is 101 Å². The lowest BCUT2D eigenvalue weighted by molar-refractivity contribution is -0.125. The van der Waals surface area contributed by atoms with Gasteiger partial charge in [0.1, 0.15) is 11.9 Å². The second-order valence-electron chi connectivity index (χ2n) is 9.01. The van der Waals surface area contributed by atoms with E-state index in [1.54, 1.807) is 6.07 Å². The fourth-order valence-corrected chi connectivity index (χ4v) is 5.29. The molecule has 3 aromatic carbocycles. The highest BCUT2D eigenvalue weighted by Gasteiger charge is 2.41. The maximum atomic E-state index is 13.4. The Labute approximate surface area is 235 Å². The van der Waals surface area contributed by atoms with Crippen LogP contribution < -0.4 is 10.6 Å². The molecule has 0 bridgehead atoms. The lowest BCUT2D eigenvalue weighted by Crippen LogP contribution is -2.41. The molecular weight excluding hydrogens is 534 g/mol. The molecule has 2 N–H and O–H groups in total. The summed E-state index contributed by atoms with van der Waals surface area (Å²) in [4.78, 5) is 49.3. The largest absolute Gasteiger partial charge is 0.352 e. The maximum Gasteiger partial charge on any atom is 0.259 e. The third-order valence-electron chi connectivity index (χ3n) is 6.29. The van der Waals surface area contributed by atoms with Gasteiger partial charge in [-0.1, -0.05) is 84.0 Å². The number of rotatable bonds is 9. The average Bonchev–Trinajstić information content (AvgIpc) is 3.30. The van der Waals surface area contributed by atoms with Crippen LogP contribution in [0, 0.1) is 0 Å². The molecule has 10 heteroatoms. The van der Waals surface area contributed by atoms with Crippen molar-refractivity contribution in [1.82, 2.24) is 15.5 Å². The summed E-state index contributed by atoms with van der Waals surface area (Å²) in [5, 5.41) is 6.72. The van der Waals surface area contributed by atoms with Gasteiger partial charge in [-0.3, -0.25) is 19.4 Å². The van der Waals surface area contributed by atoms with E-state index in [9.17, 15) is 14.4 Å². The van der Waals surface area contributed by atoms with Gasteiger partial charge in [-0.25, -0.2) is 9.89 Å². The van der Waals surface area contributed by atoms with E-state index in [1.807, 2.05) is 72.8 Å². The number of thioether (sulfide) groups is 1. The maximum absolute atomic E-state index is 13.4. The molecular formula is C29H26ClN5O3S. The van der Waals surface area contributed by atoms with E-state index in [0.29, 0.717) is 34.8 Å². The van der Waals surface area contributed by atoms with Crippen LogP contribution in [0.15, 0.2) is 88.8 Å². The molecule has 1 unspecified atom stereocenters. The molecule has 5 rings (SSSR count). The van der Waals surface area contributed by atoms with Gasteiger partial charge in [-0.2, -0.15) is 0 Å². The van der Waals surface area contributed by atoms with Crippen LogP contribution >= 0.6 is 23.4 Å². The number of amides is 3. The third kappa shape index (κ3) is 6.38. The van der Waals surface area contributed by atoms with E-state index in [0.717, 1.165) is 16.7 Å². The third-order valence-corrected chi connectivity index (χ3v) is 7.60. The summed E-state index contributed by atoms with van der Waals surface area (Å²) in [7, 11) is 0. The molecule has 8 nitrogen and oxygen atoms in total. The van der Waals surface area contributed by atoms with Crippen LogP contribution in [0.5, 0.6) is 0 Å². The summed E-state index contributed by atoms with van der Waals surface area (Å²) < 4.78 is 0. The number of hydrogen-bond donors (Lipinski definition) is 2. The lowest BCUT2D eigenvalue weighted by Gasteiger charge is -2.25. The van der Waals surface area contributed by atoms with Crippen LogP contribution in [0.1, 0.15) is 29.5 Å². The van der Waals surface area contributed by atoms with E-state index in [-0.39, 0.29) is 36.3 Å². The Bertz CT molecular complexity index is 1460. The Morgan fingerprint density at radius 3 is 2.44 bits per heavy atom. The Kier molecular flexibility index (Phi) is 8.39. The molecule has 3 aromatic rings. The number of benzene rings is 3. The van der Waals surface area contributed by atoms with Crippen LogP contribution in [0.3, 0.4) is 0 Å². The first-order chi connectivity index (χ1) is 19.0. The Morgan fingerprint density at radius 2 is 1.62 bits per heavy atom. The number of carbonyl (C=O) groups is 3. The van der Waals surface area contributed by atoms with Crippen LogP contribution in [0.4, 0.5) is 5.69 Å². The molecule has 0 fully saturated rings. The molecule has 2 aliphatic rings. The number of carbonyl (C=O) groups excluding carboxylic acids is 3. The van der Waals surface area contributed by atoms with E-state index >= 15 is 0 Å². The van der Waals surface area contributed by atoms with Gasteiger partial charge in [-0.05, 0) is 35.7 Å². The zero-order valence-electron chi connectivity index (χ0n) is 21.0. The van der Waals surface area contributed by atoms with Crippen LogP contribution in [-0.4, -0.2) is 45.4 Å². The first-order valence-corrected chi connectivity index (χ1v) is 13.9. The van der Waals surface area contributed by atoms with Gasteiger partial charge in [0, 0.05) is 30.1 Å². The molecule has 3 amide bonds. The number of fused-ring (bicyclic) bond motifs is 3. The van der Waals surface area contributed by atoms with E-state index in [2.05, 4.69) is 20.6 Å². The average molecular weight is 560 g/mol. The van der Waals surface area contributed by atoms with Gasteiger partial charge in [0.2, 0.25) is 11.8 Å². The monoisotopic (exact) mass is 559 g/mol. The molecule has 2 heterocycles. The highest BCUT2D eigenvalue weighted by Crippen LogP contribution is 2.34. The minimum atomic E-state index is -0.700. The topological polar surface area (TPSA) is 103 Å². The summed E-state index contributed by atoms with van der Waals surface area (Å²) in [6, 6.07) is 23.7. The number of nitrogens with zero attached hydrogens (tertiary/aromatic N) is 3. The standard InChI is InChI=1S/C29H26ClN5O3S/c30-22-12-6-4-10-20(22)17-32-26(37)18-39-29-34-23-13-7-5-11-21(23)27-33-24(28(38)35(27)29)14-15-25(36)31-16-19-8-2-1-3-9-19/h1-13,24H,14-18H2,(H,31,36)(H,32,37). The summed E-state index contributed by atoms with van der Waals surface area (Å²) in [5.74, 6) is -0.0408. The van der Waals surface area contributed by atoms with Gasteiger partial charge in [0.25, 0.3) is 5.91 Å². The van der Waals surface area contributed by atoms with Gasteiger partial charge in [0.15, 0.2) is 5.17 Å². The molecule has 0 saturated carbocycles. The van der Waals surface area contributed by atoms with Gasteiger partial charge in [-0.15, -0.1) is 0 Å². The number of amidine groups is 2. The summed E-state index contributed by atoms with van der Waals surface area (Å²) in [6.07, 6.45) is 0.442. The normalized spacial score (nSPS) is 15.7. The SMILES string of the molecule is O=C(CCC1N=C2c3ccccc3N=C(SCC(=O)NCc3ccccc3Cl)N2C1=O)NCc1ccccc1. The van der Waals surface area contributed by atoms with E-state index in [1.165, 1.54) is 16.7 Å². The van der Waals surface area contributed by atoms with Crippen LogP contribution in [-0.2, 0) is 27.5 Å².